The fourth-order valence-corrected chi connectivity index (χ4v) is 8.91. The molecular formula is C30H29BF12O5P2. The standard InChI is InChI=1S/C30H29BF12O5P2/c32-16-49(17-33,18-34,14-27(44)22-7-3-1-4-8-22)47-31(46-26-12-24(29(38,39)40)11-25(13-26)30(41,42)43)48-50(19-35,20-36,21-37)15-28(45)23-9-5-2-6-10-23/h1-13H,14-21H2. The molecule has 0 unspecified atom stereocenters. The zero-order valence-electron chi connectivity index (χ0n) is 25.7. The first-order valence-electron chi connectivity index (χ1n) is 14.2. The topological polar surface area (TPSA) is 61.8 Å². The second kappa shape index (κ2) is 15.6. The Morgan fingerprint density at radius 1 is 0.540 bits per heavy atom. The Labute approximate surface area is 278 Å². The Bertz CT molecular complexity index is 1490. The van der Waals surface area contributed by atoms with Crippen LogP contribution in [0, 0.1) is 0 Å². The molecule has 0 aliphatic rings. The molecule has 0 radical (unpaired) electrons. The molecule has 3 aromatic rings. The van der Waals surface area contributed by atoms with Gasteiger partial charge in [-0.05, 0) is 0 Å². The summed E-state index contributed by atoms with van der Waals surface area (Å²) in [7, 11) is -3.27. The van der Waals surface area contributed by atoms with Gasteiger partial charge >= 0.3 is 278 Å². The maximum absolute atomic E-state index is 15.0. The molecular weight excluding hydrogens is 741 g/mol. The van der Waals surface area contributed by atoms with E-state index in [2.05, 4.69) is 0 Å². The van der Waals surface area contributed by atoms with Crippen molar-refractivity contribution < 1.29 is 75.8 Å². The number of hydrogen-bond acceptors (Lipinski definition) is 5. The van der Waals surface area contributed by atoms with Crippen LogP contribution in [0.1, 0.15) is 31.8 Å². The van der Waals surface area contributed by atoms with Crippen molar-refractivity contribution in [2.75, 3.05) is 50.8 Å². The van der Waals surface area contributed by atoms with Gasteiger partial charge in [0.25, 0.3) is 0 Å². The number of alkyl halides is 12. The fraction of sp³-hybridized carbons (Fsp3) is 0.333. The second-order valence-corrected chi connectivity index (χ2v) is 21.6. The van der Waals surface area contributed by atoms with Gasteiger partial charge in [0, 0.05) is 0 Å². The van der Waals surface area contributed by atoms with E-state index in [-0.39, 0.29) is 29.3 Å². The van der Waals surface area contributed by atoms with Crippen LogP contribution in [0.3, 0.4) is 0 Å². The van der Waals surface area contributed by atoms with Crippen molar-refractivity contribution in [2.45, 2.75) is 12.4 Å². The summed E-state index contributed by atoms with van der Waals surface area (Å²) < 4.78 is 187. The molecule has 0 aliphatic carbocycles. The molecule has 0 spiro atoms. The van der Waals surface area contributed by atoms with Crippen molar-refractivity contribution in [3.63, 3.8) is 0 Å². The van der Waals surface area contributed by atoms with Crippen molar-refractivity contribution in [3.05, 3.63) is 101 Å². The van der Waals surface area contributed by atoms with Crippen molar-refractivity contribution in [1.82, 2.24) is 0 Å². The Kier molecular flexibility index (Phi) is 12.9. The van der Waals surface area contributed by atoms with E-state index >= 15 is 26.3 Å². The summed E-state index contributed by atoms with van der Waals surface area (Å²) >= 11 is 0. The van der Waals surface area contributed by atoms with Crippen LogP contribution >= 0.6 is 13.7 Å². The molecule has 0 amide bonds. The number of hydrogen-bond donors (Lipinski definition) is 0. The van der Waals surface area contributed by atoms with E-state index in [9.17, 15) is 35.9 Å². The van der Waals surface area contributed by atoms with E-state index in [0.717, 1.165) is 24.3 Å². The number of benzene rings is 3. The van der Waals surface area contributed by atoms with E-state index in [4.69, 9.17) is 13.5 Å². The average molecular weight is 770 g/mol. The summed E-state index contributed by atoms with van der Waals surface area (Å²) in [6.07, 6.45) is -27.0. The molecule has 0 heterocycles. The molecule has 0 aromatic heterocycles. The van der Waals surface area contributed by atoms with Crippen LogP contribution in [0.2, 0.25) is 0 Å². The van der Waals surface area contributed by atoms with Gasteiger partial charge in [-0.2, -0.15) is 0 Å². The number of rotatable bonds is 18. The van der Waals surface area contributed by atoms with Crippen molar-refractivity contribution >= 4 is 32.5 Å². The monoisotopic (exact) mass is 770 g/mol. The van der Waals surface area contributed by atoms with Crippen LogP contribution in [-0.4, -0.2) is 69.7 Å². The van der Waals surface area contributed by atoms with E-state index in [1.54, 1.807) is 0 Å². The fourth-order valence-electron chi connectivity index (χ4n) is 4.50. The molecule has 276 valence electrons. The second-order valence-electron chi connectivity index (χ2n) is 11.7. The van der Waals surface area contributed by atoms with Gasteiger partial charge in [0.15, 0.2) is 0 Å². The number of halogens is 12. The Balaban J connectivity index is 2.26. The van der Waals surface area contributed by atoms with Gasteiger partial charge in [-0.15, -0.1) is 0 Å². The SMILES string of the molecule is O=C(CP(CF)(CF)(CF)OB(Oc1cc(C(F)(F)F)cc(C(F)(F)F)c1)OP(CF)(CF)(CF)CC(=O)c1ccccc1)c1ccccc1. The minimum absolute atomic E-state index is 0.0795. The molecule has 20 heteroatoms. The minimum atomic E-state index is -6.09. The number of carbonyl (C=O) groups excluding carboxylic acids is 2. The van der Waals surface area contributed by atoms with Gasteiger partial charge < -0.3 is 0 Å². The Hall–Kier alpha value is -3.20. The number of carbonyl (C=O) groups is 2. The first kappa shape index (κ1) is 41.2. The molecule has 0 N–H and O–H groups in total. The Morgan fingerprint density at radius 2 is 0.860 bits per heavy atom. The van der Waals surface area contributed by atoms with E-state index in [0.29, 0.717) is 0 Å². The zero-order chi connectivity index (χ0) is 37.5. The molecule has 0 saturated carbocycles. The predicted octanol–water partition coefficient (Wildman–Crippen LogP) is 10.4. The third-order valence-electron chi connectivity index (χ3n) is 7.65. The maximum atomic E-state index is 15.0. The summed E-state index contributed by atoms with van der Waals surface area (Å²) in [5.41, 5.74) is -4.48. The molecule has 5 nitrogen and oxygen atoms in total. The molecule has 0 bridgehead atoms. The first-order valence-corrected chi connectivity index (χ1v) is 20.0. The summed E-state index contributed by atoms with van der Waals surface area (Å²) in [6.45, 7) is -12.2. The molecule has 3 rings (SSSR count). The molecule has 0 aliphatic heterocycles. The van der Waals surface area contributed by atoms with Crippen LogP contribution in [-0.2, 0) is 21.2 Å². The van der Waals surface area contributed by atoms with Crippen molar-refractivity contribution in [3.8, 4) is 5.75 Å². The first-order chi connectivity index (χ1) is 23.3. The van der Waals surface area contributed by atoms with Crippen LogP contribution < -0.4 is 4.65 Å². The van der Waals surface area contributed by atoms with Crippen LogP contribution in [0.5, 0.6) is 5.75 Å². The third kappa shape index (κ3) is 9.17. The van der Waals surface area contributed by atoms with E-state index in [1.807, 2.05) is 0 Å². The van der Waals surface area contributed by atoms with Gasteiger partial charge in [-0.3, -0.25) is 0 Å². The van der Waals surface area contributed by atoms with Gasteiger partial charge in [0.1, 0.15) is 0 Å². The van der Waals surface area contributed by atoms with Crippen LogP contribution in [0.15, 0.2) is 78.9 Å². The van der Waals surface area contributed by atoms with Gasteiger partial charge in [0.2, 0.25) is 0 Å². The number of Topliss-reactive ketones (excluding diaryl/α,β-unsaturated/α-hetero) is 2. The number of ketones is 2. The summed E-state index contributed by atoms with van der Waals surface area (Å²) in [4.78, 5) is 26.2. The molecule has 0 fully saturated rings. The Morgan fingerprint density at radius 3 is 1.14 bits per heavy atom. The zero-order valence-corrected chi connectivity index (χ0v) is 27.5. The molecule has 0 saturated heterocycles. The summed E-state index contributed by atoms with van der Waals surface area (Å²) in [6, 6.07) is 12.3. The van der Waals surface area contributed by atoms with E-state index < -0.39 is 113 Å². The molecule has 0 atom stereocenters. The van der Waals surface area contributed by atoms with Gasteiger partial charge in [-0.1, -0.05) is 0 Å². The van der Waals surface area contributed by atoms with Crippen LogP contribution in [0.25, 0.3) is 0 Å². The van der Waals surface area contributed by atoms with Crippen LogP contribution in [0.4, 0.5) is 52.7 Å². The van der Waals surface area contributed by atoms with Gasteiger partial charge in [0.05, 0.1) is 0 Å². The summed E-state index contributed by atoms with van der Waals surface area (Å²) in [5, 5.41) is 0. The normalized spacial score (nSPS) is 14.2. The molecule has 3 aromatic carbocycles. The van der Waals surface area contributed by atoms with Crippen molar-refractivity contribution in [1.29, 1.82) is 0 Å². The summed E-state index contributed by atoms with van der Waals surface area (Å²) in [5.74, 6) is -3.82. The predicted molar refractivity (Wildman–Crippen MR) is 166 cm³/mol. The van der Waals surface area contributed by atoms with Crippen molar-refractivity contribution in [2.24, 2.45) is 0 Å². The third-order valence-corrected chi connectivity index (χ3v) is 15.0. The van der Waals surface area contributed by atoms with Gasteiger partial charge in [-0.25, -0.2) is 0 Å². The molecule has 50 heavy (non-hydrogen) atoms. The average Bonchev–Trinajstić information content (AvgIpc) is 3.11. The quantitative estimate of drug-likeness (QED) is 0.0558. The van der Waals surface area contributed by atoms with E-state index in [1.165, 1.54) is 36.4 Å².